The fourth-order valence-electron chi connectivity index (χ4n) is 1.75. The predicted octanol–water partition coefficient (Wildman–Crippen LogP) is -0.951. The second kappa shape index (κ2) is 4.97. The molecule has 0 aliphatic carbocycles. The average Bonchev–Trinajstić information content (AvgIpc) is 2.59. The Morgan fingerprint density at radius 2 is 1.72 bits per heavy atom. The molecule has 18 heavy (non-hydrogen) atoms. The number of carbonyl (C=O) groups excluding carboxylic acids is 3. The first-order valence-electron chi connectivity index (χ1n) is 5.34. The van der Waals surface area contributed by atoms with Crippen LogP contribution in [0.3, 0.4) is 0 Å². The van der Waals surface area contributed by atoms with E-state index in [4.69, 9.17) is 4.74 Å². The summed E-state index contributed by atoms with van der Waals surface area (Å²) < 4.78 is 4.74. The molecule has 1 aliphatic rings. The molecule has 6 nitrogen and oxygen atoms in total. The Morgan fingerprint density at radius 3 is 2.22 bits per heavy atom. The van der Waals surface area contributed by atoms with Crippen LogP contribution in [0.15, 0.2) is 24.3 Å². The quantitative estimate of drug-likeness (QED) is 0.495. The molecule has 0 saturated heterocycles. The maximum atomic E-state index is 11.9. The second-order valence-electron chi connectivity index (χ2n) is 3.73. The maximum absolute atomic E-state index is 11.9. The van der Waals surface area contributed by atoms with Gasteiger partial charge in [0.1, 0.15) is 0 Å². The Bertz CT molecular complexity index is 476. The van der Waals surface area contributed by atoms with Gasteiger partial charge in [-0.05, 0) is 12.1 Å². The molecule has 2 amide bonds. The number of nitrogens with zero attached hydrogens (tertiary/aromatic N) is 1. The summed E-state index contributed by atoms with van der Waals surface area (Å²) in [6.45, 7) is -0.553. The van der Waals surface area contributed by atoms with Crippen molar-refractivity contribution in [3.8, 4) is 0 Å². The molecule has 1 heterocycles. The first-order valence-corrected chi connectivity index (χ1v) is 5.34. The number of benzene rings is 1. The fourth-order valence-corrected chi connectivity index (χ4v) is 1.75. The van der Waals surface area contributed by atoms with Gasteiger partial charge in [0, 0.05) is 0 Å². The van der Waals surface area contributed by atoms with Crippen LogP contribution in [0, 0.1) is 0 Å². The Morgan fingerprint density at radius 1 is 1.17 bits per heavy atom. The smallest absolute Gasteiger partial charge is 0.261 e. The van der Waals surface area contributed by atoms with E-state index in [2.05, 4.69) is 0 Å². The number of aliphatic carboxylic acids is 1. The number of hydrogen-bond acceptors (Lipinski definition) is 5. The lowest BCUT2D eigenvalue weighted by atomic mass is 10.1. The van der Waals surface area contributed by atoms with E-state index in [9.17, 15) is 19.5 Å². The number of hydrogen-bond donors (Lipinski definition) is 0. The third-order valence-electron chi connectivity index (χ3n) is 2.56. The van der Waals surface area contributed by atoms with Crippen LogP contribution in [0.1, 0.15) is 20.7 Å². The molecule has 0 fully saturated rings. The molecule has 94 valence electrons. The Kier molecular flexibility index (Phi) is 3.38. The molecule has 0 atom stereocenters. The molecule has 0 spiro atoms. The summed E-state index contributed by atoms with van der Waals surface area (Å²) in [5.41, 5.74) is 0.727. The number of carboxylic acids is 1. The number of rotatable bonds is 5. The Hall–Kier alpha value is -2.21. The number of ether oxygens (including phenoxy) is 1. The van der Waals surface area contributed by atoms with E-state index in [0.29, 0.717) is 11.1 Å². The molecule has 0 radical (unpaired) electrons. The van der Waals surface area contributed by atoms with Crippen molar-refractivity contribution in [3.05, 3.63) is 35.4 Å². The number of carboxylic acid groups (broad SMARTS) is 1. The first-order chi connectivity index (χ1) is 8.61. The van der Waals surface area contributed by atoms with Gasteiger partial charge in [-0.25, -0.2) is 0 Å². The van der Waals surface area contributed by atoms with E-state index in [1.165, 1.54) is 0 Å². The van der Waals surface area contributed by atoms with Gasteiger partial charge in [0.15, 0.2) is 0 Å². The van der Waals surface area contributed by atoms with Gasteiger partial charge in [-0.3, -0.25) is 14.5 Å². The SMILES string of the molecule is O=C([O-])COCCN1C(=O)c2ccccc2C1=O. The van der Waals surface area contributed by atoms with Crippen molar-refractivity contribution in [2.24, 2.45) is 0 Å². The van der Waals surface area contributed by atoms with Gasteiger partial charge in [-0.15, -0.1) is 0 Å². The summed E-state index contributed by atoms with van der Waals surface area (Å²) in [4.78, 5) is 34.9. The minimum Gasteiger partial charge on any atom is -0.548 e. The van der Waals surface area contributed by atoms with Crippen molar-refractivity contribution in [1.82, 2.24) is 4.90 Å². The molecular formula is C12H10NO5-. The van der Waals surface area contributed by atoms with E-state index in [0.717, 1.165) is 4.90 Å². The summed E-state index contributed by atoms with van der Waals surface area (Å²) in [5, 5.41) is 10.1. The molecule has 0 bridgehead atoms. The van der Waals surface area contributed by atoms with E-state index < -0.39 is 12.6 Å². The normalized spacial score (nSPS) is 13.9. The molecule has 6 heteroatoms. The summed E-state index contributed by atoms with van der Waals surface area (Å²) in [6.07, 6.45) is 0. The van der Waals surface area contributed by atoms with Crippen molar-refractivity contribution in [2.75, 3.05) is 19.8 Å². The van der Waals surface area contributed by atoms with Crippen molar-refractivity contribution in [2.45, 2.75) is 0 Å². The summed E-state index contributed by atoms with van der Waals surface area (Å²) in [6, 6.07) is 6.52. The van der Waals surface area contributed by atoms with Gasteiger partial charge in [0.2, 0.25) is 0 Å². The molecular weight excluding hydrogens is 238 g/mol. The molecule has 0 unspecified atom stereocenters. The minimum atomic E-state index is -1.34. The number of imide groups is 1. The lowest BCUT2D eigenvalue weighted by molar-refractivity contribution is -0.309. The number of fused-ring (bicyclic) bond motifs is 1. The summed E-state index contributed by atoms with van der Waals surface area (Å²) in [5.74, 6) is -2.10. The second-order valence-corrected chi connectivity index (χ2v) is 3.73. The third-order valence-corrected chi connectivity index (χ3v) is 2.56. The maximum Gasteiger partial charge on any atom is 0.261 e. The van der Waals surface area contributed by atoms with Crippen LogP contribution < -0.4 is 5.11 Å². The van der Waals surface area contributed by atoms with E-state index in [1.54, 1.807) is 24.3 Å². The molecule has 0 N–H and O–H groups in total. The lowest BCUT2D eigenvalue weighted by Gasteiger charge is -2.13. The zero-order chi connectivity index (χ0) is 13.1. The highest BCUT2D eigenvalue weighted by atomic mass is 16.5. The van der Waals surface area contributed by atoms with Gasteiger partial charge >= 0.3 is 0 Å². The van der Waals surface area contributed by atoms with E-state index >= 15 is 0 Å². The first kappa shape index (κ1) is 12.3. The third kappa shape index (κ3) is 2.23. The molecule has 1 aromatic rings. The molecule has 2 rings (SSSR count). The Balaban J connectivity index is 1.99. The van der Waals surface area contributed by atoms with Crippen molar-refractivity contribution in [3.63, 3.8) is 0 Å². The van der Waals surface area contributed by atoms with Crippen LogP contribution in [-0.4, -0.2) is 42.4 Å². The van der Waals surface area contributed by atoms with Gasteiger partial charge in [0.25, 0.3) is 11.8 Å². The monoisotopic (exact) mass is 248 g/mol. The van der Waals surface area contributed by atoms with E-state index in [1.807, 2.05) is 0 Å². The zero-order valence-corrected chi connectivity index (χ0v) is 9.42. The minimum absolute atomic E-state index is 0.0274. The highest BCUT2D eigenvalue weighted by Crippen LogP contribution is 2.21. The number of amides is 2. The molecule has 1 aromatic carbocycles. The van der Waals surface area contributed by atoms with Crippen molar-refractivity contribution < 1.29 is 24.2 Å². The van der Waals surface area contributed by atoms with Crippen LogP contribution in [0.4, 0.5) is 0 Å². The van der Waals surface area contributed by atoms with Crippen molar-refractivity contribution >= 4 is 17.8 Å². The number of carbonyl (C=O) groups is 3. The van der Waals surface area contributed by atoms with Gasteiger partial charge in [-0.1, -0.05) is 12.1 Å². The van der Waals surface area contributed by atoms with Crippen LogP contribution >= 0.6 is 0 Å². The predicted molar refractivity (Wildman–Crippen MR) is 57.6 cm³/mol. The highest BCUT2D eigenvalue weighted by molar-refractivity contribution is 6.21. The molecule has 0 aromatic heterocycles. The molecule has 1 aliphatic heterocycles. The average molecular weight is 248 g/mol. The van der Waals surface area contributed by atoms with Crippen LogP contribution in [-0.2, 0) is 9.53 Å². The lowest BCUT2D eigenvalue weighted by Crippen LogP contribution is -2.34. The summed E-state index contributed by atoms with van der Waals surface area (Å²) in [7, 11) is 0. The highest BCUT2D eigenvalue weighted by Gasteiger charge is 2.34. The van der Waals surface area contributed by atoms with E-state index in [-0.39, 0.29) is 25.0 Å². The standard InChI is InChI=1S/C12H11NO5/c14-10(15)7-18-6-5-13-11(16)8-3-1-2-4-9(8)12(13)17/h1-4H,5-7H2,(H,14,15)/p-1. The summed E-state index contributed by atoms with van der Waals surface area (Å²) >= 11 is 0. The largest absolute Gasteiger partial charge is 0.548 e. The van der Waals surface area contributed by atoms with Crippen molar-refractivity contribution in [1.29, 1.82) is 0 Å². The molecule has 0 saturated carbocycles. The Labute approximate surface area is 103 Å². The van der Waals surface area contributed by atoms with Crippen LogP contribution in [0.2, 0.25) is 0 Å². The van der Waals surface area contributed by atoms with Crippen LogP contribution in [0.5, 0.6) is 0 Å². The van der Waals surface area contributed by atoms with Crippen LogP contribution in [0.25, 0.3) is 0 Å². The van der Waals surface area contributed by atoms with Gasteiger partial charge in [0.05, 0.1) is 36.9 Å². The topological polar surface area (TPSA) is 86.7 Å². The fraction of sp³-hybridized carbons (Fsp3) is 0.250. The van der Waals surface area contributed by atoms with Gasteiger partial charge in [-0.2, -0.15) is 0 Å². The van der Waals surface area contributed by atoms with Gasteiger partial charge < -0.3 is 14.6 Å². The zero-order valence-electron chi connectivity index (χ0n) is 9.42.